The molecule has 3 heterocycles. The maximum Gasteiger partial charge on any atom is 0.254 e. The molecule has 5 nitrogen and oxygen atoms in total. The summed E-state index contributed by atoms with van der Waals surface area (Å²) < 4.78 is 7.35. The largest absolute Gasteiger partial charge is 0.388 e. The van der Waals surface area contributed by atoms with Crippen molar-refractivity contribution in [3.8, 4) is 5.00 Å². The van der Waals surface area contributed by atoms with Gasteiger partial charge in [-0.2, -0.15) is 0 Å². The lowest BCUT2D eigenvalue weighted by Crippen LogP contribution is -2.46. The Morgan fingerprint density at radius 1 is 1.30 bits per heavy atom. The van der Waals surface area contributed by atoms with Gasteiger partial charge in [0.05, 0.1) is 11.2 Å². The third-order valence-corrected chi connectivity index (χ3v) is 5.26. The molecule has 0 atom stereocenters. The number of carbonyl (C=O) groups excluding carboxylic acids is 1. The Labute approximate surface area is 139 Å². The Balaban J connectivity index is 1.75. The van der Waals surface area contributed by atoms with Crippen LogP contribution in [0.5, 0.6) is 0 Å². The highest BCUT2D eigenvalue weighted by atomic mass is 32.1. The standard InChI is InChI=1S/C17H22N2O3S/c1-12-3-4-13(2)19(12)16-14(5-10-23-16)15(20)18-11-17(21)6-8-22-9-7-17/h3-5,10,21H,6-9,11H2,1-2H3,(H,18,20). The molecule has 2 N–H and O–H groups in total. The van der Waals surface area contributed by atoms with Gasteiger partial charge in [0.2, 0.25) is 0 Å². The summed E-state index contributed by atoms with van der Waals surface area (Å²) in [7, 11) is 0. The van der Waals surface area contributed by atoms with Crippen LogP contribution in [0.4, 0.5) is 0 Å². The molecule has 1 amide bonds. The van der Waals surface area contributed by atoms with Crippen molar-refractivity contribution in [2.75, 3.05) is 19.8 Å². The molecule has 0 spiro atoms. The highest BCUT2D eigenvalue weighted by molar-refractivity contribution is 7.13. The summed E-state index contributed by atoms with van der Waals surface area (Å²) in [6, 6.07) is 5.92. The second-order valence-corrected chi connectivity index (χ2v) is 7.00. The van der Waals surface area contributed by atoms with Gasteiger partial charge < -0.3 is 19.7 Å². The Morgan fingerprint density at radius 2 is 1.96 bits per heavy atom. The van der Waals surface area contributed by atoms with Crippen LogP contribution in [0.15, 0.2) is 23.6 Å². The summed E-state index contributed by atoms with van der Waals surface area (Å²) in [4.78, 5) is 12.6. The summed E-state index contributed by atoms with van der Waals surface area (Å²) in [5.74, 6) is -0.145. The lowest BCUT2D eigenvalue weighted by Gasteiger charge is -2.32. The van der Waals surface area contributed by atoms with Crippen molar-refractivity contribution >= 4 is 17.2 Å². The molecule has 6 heteroatoms. The number of thiophene rings is 1. The van der Waals surface area contributed by atoms with Crippen LogP contribution in [-0.4, -0.2) is 40.9 Å². The number of hydrogen-bond acceptors (Lipinski definition) is 4. The maximum absolute atomic E-state index is 12.6. The minimum atomic E-state index is -0.858. The van der Waals surface area contributed by atoms with Gasteiger partial charge in [0.15, 0.2) is 0 Å². The van der Waals surface area contributed by atoms with Crippen LogP contribution in [0.25, 0.3) is 5.00 Å². The molecule has 2 aromatic rings. The van der Waals surface area contributed by atoms with Gasteiger partial charge in [0, 0.05) is 44.0 Å². The molecule has 124 valence electrons. The highest BCUT2D eigenvalue weighted by Crippen LogP contribution is 2.26. The number of rotatable bonds is 4. The Kier molecular flexibility index (Phi) is 4.57. The summed E-state index contributed by atoms with van der Waals surface area (Å²) in [6.07, 6.45) is 1.11. The fraction of sp³-hybridized carbons (Fsp3) is 0.471. The summed E-state index contributed by atoms with van der Waals surface area (Å²) in [5.41, 5.74) is 1.99. The minimum Gasteiger partial charge on any atom is -0.388 e. The van der Waals surface area contributed by atoms with Crippen molar-refractivity contribution in [1.82, 2.24) is 9.88 Å². The van der Waals surface area contributed by atoms with Crippen molar-refractivity contribution < 1.29 is 14.6 Å². The molecular formula is C17H22N2O3S. The first-order valence-corrected chi connectivity index (χ1v) is 8.69. The van der Waals surface area contributed by atoms with Crippen molar-refractivity contribution in [2.45, 2.75) is 32.3 Å². The summed E-state index contributed by atoms with van der Waals surface area (Å²) in [5, 5.41) is 16.2. The van der Waals surface area contributed by atoms with Gasteiger partial charge in [0.1, 0.15) is 5.00 Å². The Morgan fingerprint density at radius 3 is 2.61 bits per heavy atom. The molecule has 2 aromatic heterocycles. The molecule has 3 rings (SSSR count). The second kappa shape index (κ2) is 6.47. The van der Waals surface area contributed by atoms with E-state index >= 15 is 0 Å². The zero-order chi connectivity index (χ0) is 16.4. The van der Waals surface area contributed by atoms with Gasteiger partial charge in [0.25, 0.3) is 5.91 Å². The molecule has 0 radical (unpaired) electrons. The van der Waals surface area contributed by atoms with E-state index in [1.54, 1.807) is 11.3 Å². The molecule has 1 fully saturated rings. The SMILES string of the molecule is Cc1ccc(C)n1-c1sccc1C(=O)NCC1(O)CCOCC1. The molecule has 0 unspecified atom stereocenters. The first-order chi connectivity index (χ1) is 11.0. The van der Waals surface area contributed by atoms with E-state index in [9.17, 15) is 9.90 Å². The van der Waals surface area contributed by atoms with E-state index < -0.39 is 5.60 Å². The van der Waals surface area contributed by atoms with Crippen LogP contribution in [0.3, 0.4) is 0 Å². The van der Waals surface area contributed by atoms with Crippen LogP contribution in [0, 0.1) is 13.8 Å². The third kappa shape index (κ3) is 3.34. The second-order valence-electron chi connectivity index (χ2n) is 6.11. The van der Waals surface area contributed by atoms with Gasteiger partial charge in [-0.3, -0.25) is 4.79 Å². The Bertz CT molecular complexity index is 679. The molecule has 0 aromatic carbocycles. The normalized spacial score (nSPS) is 17.2. The average Bonchev–Trinajstić information content (AvgIpc) is 3.12. The predicted octanol–water partition coefficient (Wildman–Crippen LogP) is 2.43. The van der Waals surface area contributed by atoms with Crippen molar-refractivity contribution in [3.05, 3.63) is 40.5 Å². The van der Waals surface area contributed by atoms with Gasteiger partial charge in [-0.05, 0) is 37.4 Å². The quantitative estimate of drug-likeness (QED) is 0.903. The van der Waals surface area contributed by atoms with Gasteiger partial charge >= 0.3 is 0 Å². The van der Waals surface area contributed by atoms with Gasteiger partial charge in [-0.25, -0.2) is 0 Å². The molecule has 0 saturated carbocycles. The minimum absolute atomic E-state index is 0.145. The van der Waals surface area contributed by atoms with Gasteiger partial charge in [-0.15, -0.1) is 11.3 Å². The highest BCUT2D eigenvalue weighted by Gasteiger charge is 2.30. The lowest BCUT2D eigenvalue weighted by molar-refractivity contribution is -0.0605. The third-order valence-electron chi connectivity index (χ3n) is 4.37. The first-order valence-electron chi connectivity index (χ1n) is 7.81. The predicted molar refractivity (Wildman–Crippen MR) is 90.5 cm³/mol. The van der Waals surface area contributed by atoms with Crippen LogP contribution < -0.4 is 5.32 Å². The fourth-order valence-electron chi connectivity index (χ4n) is 2.90. The van der Waals surface area contributed by atoms with Crippen LogP contribution in [0.1, 0.15) is 34.6 Å². The van der Waals surface area contributed by atoms with Gasteiger partial charge in [-0.1, -0.05) is 0 Å². The number of ether oxygens (including phenoxy) is 1. The number of amides is 1. The van der Waals surface area contributed by atoms with E-state index in [0.29, 0.717) is 31.6 Å². The van der Waals surface area contributed by atoms with E-state index in [0.717, 1.165) is 16.4 Å². The summed E-state index contributed by atoms with van der Waals surface area (Å²) in [6.45, 7) is 5.39. The smallest absolute Gasteiger partial charge is 0.254 e. The van der Waals surface area contributed by atoms with E-state index in [1.807, 2.05) is 37.4 Å². The topological polar surface area (TPSA) is 63.5 Å². The number of aromatic nitrogens is 1. The van der Waals surface area contributed by atoms with E-state index in [2.05, 4.69) is 9.88 Å². The molecule has 0 aliphatic carbocycles. The number of aliphatic hydroxyl groups is 1. The average molecular weight is 334 g/mol. The number of aryl methyl sites for hydroxylation is 2. The number of nitrogens with one attached hydrogen (secondary N) is 1. The molecular weight excluding hydrogens is 312 g/mol. The zero-order valence-electron chi connectivity index (χ0n) is 13.5. The number of hydrogen-bond donors (Lipinski definition) is 2. The van der Waals surface area contributed by atoms with E-state index in [4.69, 9.17) is 4.74 Å². The van der Waals surface area contributed by atoms with Crippen LogP contribution in [0.2, 0.25) is 0 Å². The van der Waals surface area contributed by atoms with E-state index in [1.165, 1.54) is 0 Å². The zero-order valence-corrected chi connectivity index (χ0v) is 14.3. The van der Waals surface area contributed by atoms with Crippen molar-refractivity contribution in [2.24, 2.45) is 0 Å². The molecule has 0 bridgehead atoms. The molecule has 23 heavy (non-hydrogen) atoms. The van der Waals surface area contributed by atoms with Crippen molar-refractivity contribution in [1.29, 1.82) is 0 Å². The first kappa shape index (κ1) is 16.2. The van der Waals surface area contributed by atoms with Crippen LogP contribution >= 0.6 is 11.3 Å². The van der Waals surface area contributed by atoms with E-state index in [-0.39, 0.29) is 12.5 Å². The maximum atomic E-state index is 12.6. The molecule has 1 saturated heterocycles. The molecule has 1 aliphatic heterocycles. The summed E-state index contributed by atoms with van der Waals surface area (Å²) >= 11 is 1.54. The van der Waals surface area contributed by atoms with Crippen LogP contribution in [-0.2, 0) is 4.74 Å². The number of nitrogens with zero attached hydrogens (tertiary/aromatic N) is 1. The lowest BCUT2D eigenvalue weighted by atomic mass is 9.94. The monoisotopic (exact) mass is 334 g/mol. The number of carbonyl (C=O) groups is 1. The molecule has 1 aliphatic rings. The Hall–Kier alpha value is -1.63. The fourth-order valence-corrected chi connectivity index (χ4v) is 3.92. The van der Waals surface area contributed by atoms with Crippen molar-refractivity contribution in [3.63, 3.8) is 0 Å².